The Morgan fingerprint density at radius 1 is 1.27 bits per heavy atom. The number of benzene rings is 1. The maximum Gasteiger partial charge on any atom is 0.432 e. The summed E-state index contributed by atoms with van der Waals surface area (Å²) in [7, 11) is 0. The molecule has 0 saturated heterocycles. The zero-order valence-corrected chi connectivity index (χ0v) is 12.1. The second kappa shape index (κ2) is 5.64. The van der Waals surface area contributed by atoms with Gasteiger partial charge in [0, 0.05) is 29.2 Å². The predicted octanol–water partition coefficient (Wildman–Crippen LogP) is 2.97. The van der Waals surface area contributed by atoms with Crippen LogP contribution in [0, 0.1) is 0 Å². The number of aliphatic hydroxyl groups is 1. The van der Waals surface area contributed by atoms with E-state index in [0.29, 0.717) is 12.1 Å². The Balaban J connectivity index is 2.76. The lowest BCUT2D eigenvalue weighted by molar-refractivity contribution is -0.267. The average molecular weight is 315 g/mol. The summed E-state index contributed by atoms with van der Waals surface area (Å²) in [5.41, 5.74) is -3.70. The van der Waals surface area contributed by atoms with Crippen LogP contribution in [0.25, 0.3) is 10.9 Å². The molecule has 4 nitrogen and oxygen atoms in total. The van der Waals surface area contributed by atoms with Crippen LogP contribution < -0.4 is 0 Å². The van der Waals surface area contributed by atoms with E-state index >= 15 is 0 Å². The Bertz CT molecular complexity index is 693. The van der Waals surface area contributed by atoms with Gasteiger partial charge < -0.3 is 14.4 Å². The highest BCUT2D eigenvalue weighted by molar-refractivity contribution is 5.92. The number of alkyl halides is 3. The van der Waals surface area contributed by atoms with E-state index in [0.717, 1.165) is 6.20 Å². The molecule has 120 valence electrons. The lowest BCUT2D eigenvalue weighted by Gasteiger charge is -2.27. The van der Waals surface area contributed by atoms with Crippen molar-refractivity contribution in [3.05, 3.63) is 36.0 Å². The third-order valence-electron chi connectivity index (χ3n) is 3.50. The molecular weight excluding hydrogens is 299 g/mol. The van der Waals surface area contributed by atoms with E-state index in [1.165, 1.54) is 13.0 Å². The van der Waals surface area contributed by atoms with Gasteiger partial charge in [-0.05, 0) is 19.9 Å². The number of halogens is 3. The van der Waals surface area contributed by atoms with Crippen LogP contribution in [0.2, 0.25) is 0 Å². The van der Waals surface area contributed by atoms with Crippen molar-refractivity contribution in [2.45, 2.75) is 32.2 Å². The number of hydrogen-bond donors (Lipinski definition) is 1. The smallest absolute Gasteiger partial charge is 0.432 e. The highest BCUT2D eigenvalue weighted by Crippen LogP contribution is 2.43. The van der Waals surface area contributed by atoms with E-state index in [-0.39, 0.29) is 12.0 Å². The summed E-state index contributed by atoms with van der Waals surface area (Å²) >= 11 is 0. The first-order valence-electron chi connectivity index (χ1n) is 6.82. The molecule has 1 unspecified atom stereocenters. The number of aromatic nitrogens is 1. The van der Waals surface area contributed by atoms with Gasteiger partial charge in [-0.25, -0.2) is 4.79 Å². The van der Waals surface area contributed by atoms with Crippen molar-refractivity contribution in [3.8, 4) is 0 Å². The molecule has 1 heterocycles. The second-order valence-electron chi connectivity index (χ2n) is 4.77. The molecule has 0 bridgehead atoms. The van der Waals surface area contributed by atoms with E-state index < -0.39 is 23.3 Å². The fourth-order valence-corrected chi connectivity index (χ4v) is 2.41. The molecule has 0 radical (unpaired) electrons. The molecule has 22 heavy (non-hydrogen) atoms. The normalized spacial score (nSPS) is 14.8. The minimum Gasteiger partial charge on any atom is -0.463 e. The van der Waals surface area contributed by atoms with Crippen molar-refractivity contribution < 1.29 is 27.8 Å². The van der Waals surface area contributed by atoms with Crippen LogP contribution in [0.5, 0.6) is 0 Å². The van der Waals surface area contributed by atoms with E-state index in [2.05, 4.69) is 4.74 Å². The molecule has 2 rings (SSSR count). The molecule has 0 amide bonds. The van der Waals surface area contributed by atoms with Gasteiger partial charge in [0.15, 0.2) is 0 Å². The number of rotatable bonds is 4. The highest BCUT2D eigenvalue weighted by Gasteiger charge is 2.63. The molecule has 0 fully saturated rings. The number of fused-ring (bicyclic) bond motifs is 1. The first-order chi connectivity index (χ1) is 10.3. The number of nitrogens with zero attached hydrogens (tertiary/aromatic N) is 1. The Hall–Kier alpha value is -2.02. The molecule has 0 spiro atoms. The lowest BCUT2D eigenvalue weighted by Crippen LogP contribution is -2.50. The average Bonchev–Trinajstić information content (AvgIpc) is 2.84. The van der Waals surface area contributed by atoms with E-state index in [1.807, 2.05) is 0 Å². The fraction of sp³-hybridized carbons (Fsp3) is 0.400. The van der Waals surface area contributed by atoms with Crippen molar-refractivity contribution in [1.29, 1.82) is 0 Å². The zero-order valence-electron chi connectivity index (χ0n) is 12.1. The van der Waals surface area contributed by atoms with Gasteiger partial charge in [-0.15, -0.1) is 0 Å². The first-order valence-corrected chi connectivity index (χ1v) is 6.82. The van der Waals surface area contributed by atoms with Gasteiger partial charge in [0.1, 0.15) is 0 Å². The zero-order chi connectivity index (χ0) is 16.5. The molecule has 7 heteroatoms. The van der Waals surface area contributed by atoms with Crippen molar-refractivity contribution in [2.75, 3.05) is 6.61 Å². The number of para-hydroxylation sites is 1. The largest absolute Gasteiger partial charge is 0.463 e. The summed E-state index contributed by atoms with van der Waals surface area (Å²) in [6, 6.07) is 6.29. The third kappa shape index (κ3) is 2.35. The van der Waals surface area contributed by atoms with Gasteiger partial charge in [-0.3, -0.25) is 0 Å². The number of ether oxygens (including phenoxy) is 1. The van der Waals surface area contributed by atoms with Crippen LogP contribution in [-0.2, 0) is 21.7 Å². The SMILES string of the molecule is CCOC(=O)C(O)(c1cn(CC)c2ccccc12)C(F)(F)F. The van der Waals surface area contributed by atoms with E-state index in [1.54, 1.807) is 29.7 Å². The molecule has 0 saturated carbocycles. The van der Waals surface area contributed by atoms with Gasteiger partial charge >= 0.3 is 12.1 Å². The third-order valence-corrected chi connectivity index (χ3v) is 3.50. The van der Waals surface area contributed by atoms with Crippen molar-refractivity contribution >= 4 is 16.9 Å². The minimum absolute atomic E-state index is 0.164. The van der Waals surface area contributed by atoms with Gasteiger partial charge in [0.25, 0.3) is 5.60 Å². The maximum absolute atomic E-state index is 13.4. The second-order valence-corrected chi connectivity index (χ2v) is 4.77. The first kappa shape index (κ1) is 16.4. The van der Waals surface area contributed by atoms with Crippen molar-refractivity contribution in [2.24, 2.45) is 0 Å². The minimum atomic E-state index is -5.19. The number of carbonyl (C=O) groups excluding carboxylic acids is 1. The van der Waals surface area contributed by atoms with Crippen LogP contribution in [0.15, 0.2) is 30.5 Å². The standard InChI is InChI=1S/C15H16F3NO3/c1-3-19-9-11(10-7-5-6-8-12(10)19)14(21,15(16,17)18)13(20)22-4-2/h5-9,21H,3-4H2,1-2H3. The Morgan fingerprint density at radius 2 is 1.91 bits per heavy atom. The van der Waals surface area contributed by atoms with Gasteiger partial charge in [-0.1, -0.05) is 18.2 Å². The topological polar surface area (TPSA) is 51.5 Å². The van der Waals surface area contributed by atoms with Crippen LogP contribution in [0.3, 0.4) is 0 Å². The Morgan fingerprint density at radius 3 is 2.45 bits per heavy atom. The molecule has 1 aromatic heterocycles. The molecule has 2 aromatic rings. The van der Waals surface area contributed by atoms with E-state index in [9.17, 15) is 23.1 Å². The summed E-state index contributed by atoms with van der Waals surface area (Å²) in [6.07, 6.45) is -4.04. The van der Waals surface area contributed by atoms with Gasteiger partial charge in [0.2, 0.25) is 0 Å². The van der Waals surface area contributed by atoms with Crippen molar-refractivity contribution in [1.82, 2.24) is 4.57 Å². The van der Waals surface area contributed by atoms with Crippen LogP contribution in [0.4, 0.5) is 13.2 Å². The van der Waals surface area contributed by atoms with Crippen molar-refractivity contribution in [3.63, 3.8) is 0 Å². The predicted molar refractivity (Wildman–Crippen MR) is 74.2 cm³/mol. The molecule has 1 aromatic carbocycles. The number of hydrogen-bond acceptors (Lipinski definition) is 3. The molecule has 1 atom stereocenters. The van der Waals surface area contributed by atoms with Crippen LogP contribution in [0.1, 0.15) is 19.4 Å². The monoisotopic (exact) mass is 315 g/mol. The van der Waals surface area contributed by atoms with E-state index in [4.69, 9.17) is 0 Å². The number of esters is 1. The van der Waals surface area contributed by atoms with Crippen LogP contribution in [-0.4, -0.2) is 28.4 Å². The van der Waals surface area contributed by atoms with Crippen LogP contribution >= 0.6 is 0 Å². The molecule has 0 aliphatic carbocycles. The molecular formula is C15H16F3NO3. The molecule has 0 aliphatic heterocycles. The summed E-state index contributed by atoms with van der Waals surface area (Å²) in [4.78, 5) is 11.9. The number of carbonyl (C=O) groups is 1. The Labute approximate surface area is 125 Å². The summed E-state index contributed by atoms with van der Waals surface area (Å²) < 4.78 is 46.3. The molecule has 1 N–H and O–H groups in total. The van der Waals surface area contributed by atoms with Gasteiger partial charge in [-0.2, -0.15) is 13.2 Å². The Kier molecular flexibility index (Phi) is 4.19. The lowest BCUT2D eigenvalue weighted by atomic mass is 9.92. The van der Waals surface area contributed by atoms with Gasteiger partial charge in [0.05, 0.1) is 6.61 Å². The quantitative estimate of drug-likeness (QED) is 0.883. The number of aryl methyl sites for hydroxylation is 1. The fourth-order valence-electron chi connectivity index (χ4n) is 2.41. The summed E-state index contributed by atoms with van der Waals surface area (Å²) in [6.45, 7) is 3.28. The summed E-state index contributed by atoms with van der Waals surface area (Å²) in [5.74, 6) is -1.72. The highest BCUT2D eigenvalue weighted by atomic mass is 19.4. The maximum atomic E-state index is 13.4. The molecule has 0 aliphatic rings. The summed E-state index contributed by atoms with van der Waals surface area (Å²) in [5, 5.41) is 10.4.